The minimum absolute atomic E-state index is 0.561. The van der Waals surface area contributed by atoms with Crippen molar-refractivity contribution in [1.82, 2.24) is 10.2 Å². The van der Waals surface area contributed by atoms with Gasteiger partial charge in [-0.05, 0) is 32.5 Å². The van der Waals surface area contributed by atoms with Crippen molar-refractivity contribution in [3.63, 3.8) is 0 Å². The first-order valence-electron chi connectivity index (χ1n) is 7.27. The maximum absolute atomic E-state index is 3.69. The fraction of sp³-hybridized carbons (Fsp3) is 0.625. The van der Waals surface area contributed by atoms with E-state index in [0.29, 0.717) is 12.1 Å². The van der Waals surface area contributed by atoms with Crippen molar-refractivity contribution < 1.29 is 0 Å². The van der Waals surface area contributed by atoms with Crippen LogP contribution in [0.1, 0.15) is 18.1 Å². The van der Waals surface area contributed by atoms with Gasteiger partial charge in [-0.2, -0.15) is 11.8 Å². The van der Waals surface area contributed by atoms with Gasteiger partial charge in [0.2, 0.25) is 0 Å². The highest BCUT2D eigenvalue weighted by molar-refractivity contribution is 7.99. The summed E-state index contributed by atoms with van der Waals surface area (Å²) in [6.45, 7) is 6.62. The van der Waals surface area contributed by atoms with Gasteiger partial charge in [0.15, 0.2) is 0 Å². The molecular formula is C16H26N2S. The predicted molar refractivity (Wildman–Crippen MR) is 86.1 cm³/mol. The number of hydrogen-bond donors (Lipinski definition) is 1. The molecule has 2 atom stereocenters. The molecule has 1 aromatic carbocycles. The topological polar surface area (TPSA) is 15.3 Å². The molecule has 0 aromatic heterocycles. The van der Waals surface area contributed by atoms with E-state index in [0.717, 1.165) is 13.0 Å². The van der Waals surface area contributed by atoms with Gasteiger partial charge in [-0.1, -0.05) is 36.8 Å². The lowest BCUT2D eigenvalue weighted by molar-refractivity contribution is 0.215. The van der Waals surface area contributed by atoms with Gasteiger partial charge in [-0.15, -0.1) is 0 Å². The van der Waals surface area contributed by atoms with Crippen molar-refractivity contribution in [1.29, 1.82) is 0 Å². The summed E-state index contributed by atoms with van der Waals surface area (Å²) in [4.78, 5) is 2.53. The Bertz CT molecular complexity index is 377. The van der Waals surface area contributed by atoms with Crippen LogP contribution in [-0.4, -0.2) is 48.6 Å². The molecule has 3 heteroatoms. The maximum Gasteiger partial charge on any atom is 0.0340 e. The molecule has 0 bridgehead atoms. The Hall–Kier alpha value is -0.510. The molecular weight excluding hydrogens is 252 g/mol. The van der Waals surface area contributed by atoms with E-state index in [9.17, 15) is 0 Å². The van der Waals surface area contributed by atoms with Crippen molar-refractivity contribution in [2.45, 2.75) is 32.4 Å². The molecule has 106 valence electrons. The molecule has 0 spiro atoms. The second-order valence-electron chi connectivity index (χ2n) is 5.48. The minimum Gasteiger partial charge on any atom is -0.312 e. The van der Waals surface area contributed by atoms with Gasteiger partial charge in [0.1, 0.15) is 0 Å². The summed E-state index contributed by atoms with van der Waals surface area (Å²) in [5.74, 6) is 2.52. The molecule has 19 heavy (non-hydrogen) atoms. The van der Waals surface area contributed by atoms with Crippen molar-refractivity contribution >= 4 is 11.8 Å². The number of benzene rings is 1. The number of rotatable bonds is 5. The average Bonchev–Trinajstić information content (AvgIpc) is 2.41. The molecule has 2 nitrogen and oxygen atoms in total. The van der Waals surface area contributed by atoms with Crippen LogP contribution in [-0.2, 0) is 6.42 Å². The molecule has 1 aliphatic rings. The largest absolute Gasteiger partial charge is 0.312 e. The molecule has 1 heterocycles. The summed E-state index contributed by atoms with van der Waals surface area (Å²) >= 11 is 2.09. The highest BCUT2D eigenvalue weighted by Gasteiger charge is 2.27. The Morgan fingerprint density at radius 3 is 2.74 bits per heavy atom. The van der Waals surface area contributed by atoms with E-state index in [1.54, 1.807) is 0 Å². The Morgan fingerprint density at radius 1 is 1.37 bits per heavy atom. The first-order valence-corrected chi connectivity index (χ1v) is 8.43. The molecule has 0 aliphatic carbocycles. The summed E-state index contributed by atoms with van der Waals surface area (Å²) in [6, 6.07) is 10.2. The second kappa shape index (κ2) is 7.32. The summed E-state index contributed by atoms with van der Waals surface area (Å²) in [7, 11) is 2.27. The molecule has 2 unspecified atom stereocenters. The van der Waals surface area contributed by atoms with Crippen LogP contribution >= 0.6 is 11.8 Å². The lowest BCUT2D eigenvalue weighted by Gasteiger charge is -2.38. The summed E-state index contributed by atoms with van der Waals surface area (Å²) in [6.07, 6.45) is 1.13. The number of thioether (sulfide) groups is 1. The van der Waals surface area contributed by atoms with Crippen LogP contribution in [0.15, 0.2) is 24.3 Å². The van der Waals surface area contributed by atoms with E-state index in [-0.39, 0.29) is 0 Å². The van der Waals surface area contributed by atoms with E-state index in [2.05, 4.69) is 67.1 Å². The zero-order valence-electron chi connectivity index (χ0n) is 12.4. The van der Waals surface area contributed by atoms with E-state index in [1.165, 1.54) is 29.2 Å². The van der Waals surface area contributed by atoms with Gasteiger partial charge in [0, 0.05) is 30.1 Å². The van der Waals surface area contributed by atoms with Crippen LogP contribution in [0.25, 0.3) is 0 Å². The molecule has 1 N–H and O–H groups in total. The van der Waals surface area contributed by atoms with Crippen LogP contribution in [0.5, 0.6) is 0 Å². The van der Waals surface area contributed by atoms with Crippen LogP contribution in [0, 0.1) is 6.92 Å². The highest BCUT2D eigenvalue weighted by Crippen LogP contribution is 2.20. The molecule has 1 aliphatic heterocycles. The van der Waals surface area contributed by atoms with E-state index in [1.807, 2.05) is 0 Å². The SMILES string of the molecule is CCNC(Cc1ccc(C)cc1)C1CSCCN1C. The van der Waals surface area contributed by atoms with Crippen molar-refractivity contribution in [3.05, 3.63) is 35.4 Å². The number of nitrogens with zero attached hydrogens (tertiary/aromatic N) is 1. The number of hydrogen-bond acceptors (Lipinski definition) is 3. The molecule has 1 aromatic rings. The van der Waals surface area contributed by atoms with E-state index >= 15 is 0 Å². The zero-order chi connectivity index (χ0) is 13.7. The molecule has 0 amide bonds. The molecule has 2 rings (SSSR count). The van der Waals surface area contributed by atoms with Gasteiger partial charge < -0.3 is 10.2 Å². The van der Waals surface area contributed by atoms with Crippen molar-refractivity contribution in [2.75, 3.05) is 31.6 Å². The molecule has 0 saturated carbocycles. The fourth-order valence-corrected chi connectivity index (χ4v) is 4.03. The van der Waals surface area contributed by atoms with E-state index < -0.39 is 0 Å². The van der Waals surface area contributed by atoms with Crippen LogP contribution in [0.3, 0.4) is 0 Å². The lowest BCUT2D eigenvalue weighted by atomic mass is 9.98. The standard InChI is InChI=1S/C16H26N2S/c1-4-17-15(16-12-19-10-9-18(16)3)11-14-7-5-13(2)6-8-14/h5-8,15-17H,4,9-12H2,1-3H3. The van der Waals surface area contributed by atoms with Gasteiger partial charge in [0.25, 0.3) is 0 Å². The summed E-state index contributed by atoms with van der Waals surface area (Å²) in [5, 5.41) is 3.69. The summed E-state index contributed by atoms with van der Waals surface area (Å²) in [5.41, 5.74) is 2.79. The number of likely N-dealkylation sites (N-methyl/N-ethyl adjacent to an activating group) is 2. The average molecular weight is 278 g/mol. The van der Waals surface area contributed by atoms with Gasteiger partial charge in [0.05, 0.1) is 0 Å². The number of aryl methyl sites for hydroxylation is 1. The molecule has 1 saturated heterocycles. The highest BCUT2D eigenvalue weighted by atomic mass is 32.2. The normalized spacial score (nSPS) is 22.4. The Kier molecular flexibility index (Phi) is 5.74. The van der Waals surface area contributed by atoms with Crippen LogP contribution in [0.2, 0.25) is 0 Å². The Labute approximate surface area is 122 Å². The third-order valence-corrected chi connectivity index (χ3v) is 5.00. The third-order valence-electron chi connectivity index (χ3n) is 3.95. The van der Waals surface area contributed by atoms with Crippen molar-refractivity contribution in [2.24, 2.45) is 0 Å². The smallest absolute Gasteiger partial charge is 0.0340 e. The predicted octanol–water partition coefficient (Wildman–Crippen LogP) is 2.56. The second-order valence-corrected chi connectivity index (χ2v) is 6.63. The third kappa shape index (κ3) is 4.23. The maximum atomic E-state index is 3.69. The first kappa shape index (κ1) is 14.9. The fourth-order valence-electron chi connectivity index (χ4n) is 2.71. The molecule has 0 radical (unpaired) electrons. The lowest BCUT2D eigenvalue weighted by Crippen LogP contribution is -2.53. The van der Waals surface area contributed by atoms with Crippen molar-refractivity contribution in [3.8, 4) is 0 Å². The quantitative estimate of drug-likeness (QED) is 0.891. The Balaban J connectivity index is 2.04. The zero-order valence-corrected chi connectivity index (χ0v) is 13.2. The van der Waals surface area contributed by atoms with Gasteiger partial charge in [-0.3, -0.25) is 0 Å². The van der Waals surface area contributed by atoms with Gasteiger partial charge in [-0.25, -0.2) is 0 Å². The number of nitrogens with one attached hydrogen (secondary N) is 1. The summed E-state index contributed by atoms with van der Waals surface area (Å²) < 4.78 is 0. The Morgan fingerprint density at radius 2 is 2.11 bits per heavy atom. The molecule has 1 fully saturated rings. The monoisotopic (exact) mass is 278 g/mol. The van der Waals surface area contributed by atoms with Gasteiger partial charge >= 0.3 is 0 Å². The van der Waals surface area contributed by atoms with E-state index in [4.69, 9.17) is 0 Å². The minimum atomic E-state index is 0.561. The van der Waals surface area contributed by atoms with Crippen LogP contribution in [0.4, 0.5) is 0 Å². The first-order chi connectivity index (χ1) is 9.20. The van der Waals surface area contributed by atoms with Crippen LogP contribution < -0.4 is 5.32 Å².